The van der Waals surface area contributed by atoms with Gasteiger partial charge in [0, 0.05) is 45.2 Å². The van der Waals surface area contributed by atoms with Gasteiger partial charge in [0.1, 0.15) is 5.75 Å². The van der Waals surface area contributed by atoms with E-state index in [1.165, 1.54) is 0 Å². The number of hydrogen-bond donors (Lipinski definition) is 1. The van der Waals surface area contributed by atoms with Crippen molar-refractivity contribution in [1.29, 1.82) is 0 Å². The number of amides is 1. The van der Waals surface area contributed by atoms with Gasteiger partial charge in [-0.25, -0.2) is 0 Å². The summed E-state index contributed by atoms with van der Waals surface area (Å²) in [5.74, 6) is 2.16. The molecule has 0 atom stereocenters. The minimum atomic E-state index is 0.111. The molecule has 1 aromatic carbocycles. The summed E-state index contributed by atoms with van der Waals surface area (Å²) in [6.45, 7) is 5.02. The highest BCUT2D eigenvalue weighted by Gasteiger charge is 2.20. The Morgan fingerprint density at radius 2 is 2.00 bits per heavy atom. The number of carbonyl (C=O) groups excluding carboxylic acids is 1. The largest absolute Gasteiger partial charge is 0.496 e. The van der Waals surface area contributed by atoms with Gasteiger partial charge in [-0.15, -0.1) is 5.10 Å². The van der Waals surface area contributed by atoms with Gasteiger partial charge in [-0.1, -0.05) is 18.2 Å². The molecule has 8 nitrogen and oxygen atoms in total. The summed E-state index contributed by atoms with van der Waals surface area (Å²) < 4.78 is 5.35. The normalized spacial score (nSPS) is 14.3. The topological polar surface area (TPSA) is 83.5 Å². The second-order valence-corrected chi connectivity index (χ2v) is 5.80. The number of methoxy groups -OCH3 is 1. The highest BCUT2D eigenvalue weighted by Crippen LogP contribution is 2.19. The van der Waals surface area contributed by atoms with Gasteiger partial charge in [-0.3, -0.25) is 4.79 Å². The molecule has 132 valence electrons. The third kappa shape index (κ3) is 4.14. The van der Waals surface area contributed by atoms with Crippen molar-refractivity contribution in [3.05, 3.63) is 36.0 Å². The van der Waals surface area contributed by atoms with Crippen LogP contribution in [0.25, 0.3) is 0 Å². The van der Waals surface area contributed by atoms with Gasteiger partial charge in [-0.2, -0.15) is 10.1 Å². The minimum absolute atomic E-state index is 0.111. The maximum Gasteiger partial charge on any atom is 0.244 e. The molecule has 1 saturated heterocycles. The monoisotopic (exact) mass is 342 g/mol. The SMILES string of the molecule is COc1ccccc1CNc1nncc(N2CCN(C(C)=O)CC2)n1. The fraction of sp³-hybridized carbons (Fsp3) is 0.412. The average molecular weight is 342 g/mol. The molecule has 0 saturated carbocycles. The van der Waals surface area contributed by atoms with Crippen LogP contribution >= 0.6 is 0 Å². The third-order valence-electron chi connectivity index (χ3n) is 4.22. The summed E-state index contributed by atoms with van der Waals surface area (Å²) in [4.78, 5) is 19.9. The van der Waals surface area contributed by atoms with E-state index in [1.54, 1.807) is 20.2 Å². The Balaban J connectivity index is 1.63. The number of rotatable bonds is 5. The standard InChI is InChI=1S/C17H22N6O2/c1-13(24)22-7-9-23(10-8-22)16-12-19-21-17(20-16)18-11-14-5-3-4-6-15(14)25-2/h3-6,12H,7-11H2,1-2H3,(H,18,20,21). The number of benzene rings is 1. The van der Waals surface area contributed by atoms with Crippen LogP contribution in [0.5, 0.6) is 5.75 Å². The molecule has 3 rings (SSSR count). The fourth-order valence-electron chi connectivity index (χ4n) is 2.80. The van der Waals surface area contributed by atoms with Crippen LogP contribution in [-0.2, 0) is 11.3 Å². The van der Waals surface area contributed by atoms with E-state index in [1.807, 2.05) is 29.2 Å². The first kappa shape index (κ1) is 16.9. The molecule has 1 amide bonds. The van der Waals surface area contributed by atoms with Crippen LogP contribution in [0.2, 0.25) is 0 Å². The molecule has 1 N–H and O–H groups in total. The Labute approximate surface area is 146 Å². The molecule has 2 aromatic rings. The van der Waals surface area contributed by atoms with Crippen LogP contribution in [0, 0.1) is 0 Å². The first-order chi connectivity index (χ1) is 12.2. The van der Waals surface area contributed by atoms with Crippen molar-refractivity contribution in [1.82, 2.24) is 20.1 Å². The number of para-hydroxylation sites is 1. The number of aromatic nitrogens is 3. The van der Waals surface area contributed by atoms with Gasteiger partial charge < -0.3 is 19.9 Å². The highest BCUT2D eigenvalue weighted by atomic mass is 16.5. The summed E-state index contributed by atoms with van der Waals surface area (Å²) in [6.07, 6.45) is 1.65. The first-order valence-electron chi connectivity index (χ1n) is 8.23. The van der Waals surface area contributed by atoms with Crippen LogP contribution in [0.3, 0.4) is 0 Å². The van der Waals surface area contributed by atoms with Gasteiger partial charge in [0.05, 0.1) is 13.3 Å². The lowest BCUT2D eigenvalue weighted by Crippen LogP contribution is -2.48. The predicted octanol–water partition coefficient (Wildman–Crippen LogP) is 1.16. The zero-order chi connectivity index (χ0) is 17.6. The second kappa shape index (κ2) is 7.78. The van der Waals surface area contributed by atoms with Crippen molar-refractivity contribution in [3.63, 3.8) is 0 Å². The van der Waals surface area contributed by atoms with E-state index in [0.717, 1.165) is 30.2 Å². The van der Waals surface area contributed by atoms with E-state index in [4.69, 9.17) is 4.74 Å². The lowest BCUT2D eigenvalue weighted by atomic mass is 10.2. The summed E-state index contributed by atoms with van der Waals surface area (Å²) in [5.41, 5.74) is 1.02. The van der Waals surface area contributed by atoms with E-state index >= 15 is 0 Å². The van der Waals surface area contributed by atoms with Crippen LogP contribution in [0.1, 0.15) is 12.5 Å². The number of ether oxygens (including phenoxy) is 1. The molecule has 1 aromatic heterocycles. The first-order valence-corrected chi connectivity index (χ1v) is 8.23. The van der Waals surface area contributed by atoms with E-state index in [-0.39, 0.29) is 5.91 Å². The minimum Gasteiger partial charge on any atom is -0.496 e. The quantitative estimate of drug-likeness (QED) is 0.873. The summed E-state index contributed by atoms with van der Waals surface area (Å²) in [5, 5.41) is 11.3. The molecule has 0 aliphatic carbocycles. The van der Waals surface area contributed by atoms with Gasteiger partial charge in [0.25, 0.3) is 0 Å². The molecule has 0 unspecified atom stereocenters. The van der Waals surface area contributed by atoms with Gasteiger partial charge in [0.15, 0.2) is 5.82 Å². The Morgan fingerprint density at radius 3 is 2.72 bits per heavy atom. The second-order valence-electron chi connectivity index (χ2n) is 5.80. The molecule has 1 aliphatic heterocycles. The number of piperazine rings is 1. The fourth-order valence-corrected chi connectivity index (χ4v) is 2.80. The van der Waals surface area contributed by atoms with Crippen LogP contribution in [-0.4, -0.2) is 59.3 Å². The Morgan fingerprint density at radius 1 is 1.24 bits per heavy atom. The predicted molar refractivity (Wildman–Crippen MR) is 94.6 cm³/mol. The van der Waals surface area contributed by atoms with Crippen molar-refractivity contribution in [2.45, 2.75) is 13.5 Å². The summed E-state index contributed by atoms with van der Waals surface area (Å²) >= 11 is 0. The molecular formula is C17H22N6O2. The smallest absolute Gasteiger partial charge is 0.244 e. The van der Waals surface area contributed by atoms with Crippen LogP contribution in [0.4, 0.5) is 11.8 Å². The molecule has 1 fully saturated rings. The summed E-state index contributed by atoms with van der Waals surface area (Å²) in [7, 11) is 1.65. The third-order valence-corrected chi connectivity index (χ3v) is 4.22. The van der Waals surface area contributed by atoms with Crippen molar-refractivity contribution >= 4 is 17.7 Å². The number of hydrogen-bond acceptors (Lipinski definition) is 7. The molecular weight excluding hydrogens is 320 g/mol. The molecule has 2 heterocycles. The Bertz CT molecular complexity index is 731. The van der Waals surface area contributed by atoms with Crippen molar-refractivity contribution in [3.8, 4) is 5.75 Å². The Hall–Kier alpha value is -2.90. The van der Waals surface area contributed by atoms with E-state index < -0.39 is 0 Å². The summed E-state index contributed by atoms with van der Waals surface area (Å²) in [6, 6.07) is 7.80. The van der Waals surface area contributed by atoms with Crippen LogP contribution < -0.4 is 15.0 Å². The Kier molecular flexibility index (Phi) is 5.27. The average Bonchev–Trinajstić information content (AvgIpc) is 2.67. The maximum atomic E-state index is 11.4. The van der Waals surface area contributed by atoms with Crippen molar-refractivity contribution in [2.75, 3.05) is 43.5 Å². The van der Waals surface area contributed by atoms with E-state index in [0.29, 0.717) is 25.6 Å². The van der Waals surface area contributed by atoms with Gasteiger partial charge in [0.2, 0.25) is 11.9 Å². The van der Waals surface area contributed by atoms with Crippen molar-refractivity contribution in [2.24, 2.45) is 0 Å². The lowest BCUT2D eigenvalue weighted by Gasteiger charge is -2.34. The number of anilines is 2. The molecule has 25 heavy (non-hydrogen) atoms. The van der Waals surface area contributed by atoms with Crippen LogP contribution in [0.15, 0.2) is 30.5 Å². The number of nitrogens with one attached hydrogen (secondary N) is 1. The maximum absolute atomic E-state index is 11.4. The van der Waals surface area contributed by atoms with E-state index in [2.05, 4.69) is 25.4 Å². The molecule has 8 heteroatoms. The molecule has 0 bridgehead atoms. The van der Waals surface area contributed by atoms with Gasteiger partial charge in [-0.05, 0) is 6.07 Å². The number of nitrogens with zero attached hydrogens (tertiary/aromatic N) is 5. The zero-order valence-electron chi connectivity index (χ0n) is 14.5. The highest BCUT2D eigenvalue weighted by molar-refractivity contribution is 5.73. The molecule has 0 radical (unpaired) electrons. The number of carbonyl (C=O) groups is 1. The van der Waals surface area contributed by atoms with Crippen molar-refractivity contribution < 1.29 is 9.53 Å². The van der Waals surface area contributed by atoms with E-state index in [9.17, 15) is 4.79 Å². The lowest BCUT2D eigenvalue weighted by molar-refractivity contribution is -0.129. The molecule has 0 spiro atoms. The zero-order valence-corrected chi connectivity index (χ0v) is 14.5. The van der Waals surface area contributed by atoms with Gasteiger partial charge >= 0.3 is 0 Å². The molecule has 1 aliphatic rings.